The SMILES string of the molecule is COc1cc(/C=C/C(=O)C(Cc2ccccc2)(Cc2ccccc2)C(=O)/C=C/c2ccc(O)c(OC)c2)ccc1O. The molecule has 41 heavy (non-hydrogen) atoms. The number of ether oxygens (including phenoxy) is 2. The highest BCUT2D eigenvalue weighted by Gasteiger charge is 2.43. The van der Waals surface area contributed by atoms with Crippen LogP contribution in [0.1, 0.15) is 22.3 Å². The summed E-state index contributed by atoms with van der Waals surface area (Å²) in [5.74, 6) is -0.162. The van der Waals surface area contributed by atoms with Crippen LogP contribution in [0.3, 0.4) is 0 Å². The van der Waals surface area contributed by atoms with Gasteiger partial charge >= 0.3 is 0 Å². The van der Waals surface area contributed by atoms with Crippen molar-refractivity contribution in [2.24, 2.45) is 5.41 Å². The Kier molecular flexibility index (Phi) is 9.38. The molecule has 6 heteroatoms. The third-order valence-corrected chi connectivity index (χ3v) is 6.90. The number of ketones is 2. The van der Waals surface area contributed by atoms with Crippen molar-refractivity contribution < 1.29 is 29.3 Å². The summed E-state index contributed by atoms with van der Waals surface area (Å²) in [4.78, 5) is 28.4. The van der Waals surface area contributed by atoms with Gasteiger partial charge in [-0.15, -0.1) is 0 Å². The van der Waals surface area contributed by atoms with Gasteiger partial charge in [0.2, 0.25) is 0 Å². The maximum absolute atomic E-state index is 14.2. The summed E-state index contributed by atoms with van der Waals surface area (Å²) in [6, 6.07) is 28.5. The molecule has 4 rings (SSSR count). The Bertz CT molecular complexity index is 1440. The Morgan fingerprint density at radius 1 is 0.634 bits per heavy atom. The minimum absolute atomic E-state index is 0.00958. The second-order valence-corrected chi connectivity index (χ2v) is 9.66. The quantitative estimate of drug-likeness (QED) is 0.156. The molecule has 0 heterocycles. The normalized spacial score (nSPS) is 11.6. The molecule has 0 fully saturated rings. The van der Waals surface area contributed by atoms with Crippen molar-refractivity contribution in [3.63, 3.8) is 0 Å². The van der Waals surface area contributed by atoms with E-state index in [2.05, 4.69) is 0 Å². The van der Waals surface area contributed by atoms with Gasteiger partial charge < -0.3 is 19.7 Å². The highest BCUT2D eigenvalue weighted by molar-refractivity contribution is 6.17. The van der Waals surface area contributed by atoms with Gasteiger partial charge in [-0.05, 0) is 71.5 Å². The number of benzene rings is 4. The predicted molar refractivity (Wildman–Crippen MR) is 160 cm³/mol. The lowest BCUT2D eigenvalue weighted by Crippen LogP contribution is -2.42. The van der Waals surface area contributed by atoms with Crippen molar-refractivity contribution in [3.05, 3.63) is 131 Å². The van der Waals surface area contributed by atoms with Crippen LogP contribution >= 0.6 is 0 Å². The van der Waals surface area contributed by atoms with E-state index in [0.717, 1.165) is 11.1 Å². The van der Waals surface area contributed by atoms with E-state index in [9.17, 15) is 19.8 Å². The maximum Gasteiger partial charge on any atom is 0.170 e. The number of hydrogen-bond donors (Lipinski definition) is 2. The van der Waals surface area contributed by atoms with Crippen molar-refractivity contribution in [1.82, 2.24) is 0 Å². The molecular weight excluding hydrogens is 516 g/mol. The zero-order valence-corrected chi connectivity index (χ0v) is 23.0. The average molecular weight is 549 g/mol. The number of hydrogen-bond acceptors (Lipinski definition) is 6. The van der Waals surface area contributed by atoms with Gasteiger partial charge in [-0.3, -0.25) is 9.59 Å². The van der Waals surface area contributed by atoms with Crippen molar-refractivity contribution in [1.29, 1.82) is 0 Å². The number of phenolic OH excluding ortho intramolecular Hbond substituents is 2. The Balaban J connectivity index is 1.79. The summed E-state index contributed by atoms with van der Waals surface area (Å²) >= 11 is 0. The van der Waals surface area contributed by atoms with Gasteiger partial charge in [0.05, 0.1) is 14.2 Å². The fraction of sp³-hybridized carbons (Fsp3) is 0.143. The van der Waals surface area contributed by atoms with E-state index in [1.54, 1.807) is 36.4 Å². The molecule has 0 radical (unpaired) electrons. The monoisotopic (exact) mass is 548 g/mol. The summed E-state index contributed by atoms with van der Waals surface area (Å²) in [7, 11) is 2.90. The first-order valence-electron chi connectivity index (χ1n) is 13.1. The van der Waals surface area contributed by atoms with Crippen LogP contribution in [0.4, 0.5) is 0 Å². The van der Waals surface area contributed by atoms with E-state index in [-0.39, 0.29) is 47.4 Å². The van der Waals surface area contributed by atoms with Crippen LogP contribution in [-0.4, -0.2) is 36.0 Å². The minimum atomic E-state index is -1.45. The van der Waals surface area contributed by atoms with E-state index >= 15 is 0 Å². The second-order valence-electron chi connectivity index (χ2n) is 9.66. The lowest BCUT2D eigenvalue weighted by molar-refractivity contribution is -0.135. The highest BCUT2D eigenvalue weighted by Crippen LogP contribution is 2.34. The lowest BCUT2D eigenvalue weighted by atomic mass is 9.69. The molecule has 6 nitrogen and oxygen atoms in total. The molecular formula is C35H32O6. The lowest BCUT2D eigenvalue weighted by Gasteiger charge is -2.29. The number of methoxy groups -OCH3 is 2. The van der Waals surface area contributed by atoms with Gasteiger partial charge in [0.15, 0.2) is 34.6 Å². The number of aromatic hydroxyl groups is 2. The third-order valence-electron chi connectivity index (χ3n) is 6.90. The first-order valence-corrected chi connectivity index (χ1v) is 13.1. The zero-order chi connectivity index (χ0) is 29.2. The fourth-order valence-corrected chi connectivity index (χ4v) is 4.68. The first-order chi connectivity index (χ1) is 19.8. The van der Waals surface area contributed by atoms with Crippen molar-refractivity contribution in [2.45, 2.75) is 12.8 Å². The molecule has 0 atom stereocenters. The molecule has 0 aliphatic carbocycles. The van der Waals surface area contributed by atoms with Crippen LogP contribution in [0.5, 0.6) is 23.0 Å². The van der Waals surface area contributed by atoms with Crippen LogP contribution in [0.15, 0.2) is 109 Å². The van der Waals surface area contributed by atoms with Gasteiger partial charge in [-0.2, -0.15) is 0 Å². The predicted octanol–water partition coefficient (Wildman–Crippen LogP) is 6.45. The molecule has 4 aromatic rings. The molecule has 0 saturated heterocycles. The number of carbonyl (C=O) groups is 2. The second kappa shape index (κ2) is 13.3. The van der Waals surface area contributed by atoms with Gasteiger partial charge in [-0.1, -0.05) is 84.9 Å². The summed E-state index contributed by atoms with van der Waals surface area (Å²) < 4.78 is 10.4. The zero-order valence-electron chi connectivity index (χ0n) is 23.0. The number of rotatable bonds is 12. The summed E-state index contributed by atoms with van der Waals surface area (Å²) in [5, 5.41) is 19.9. The molecule has 4 aromatic carbocycles. The van der Waals surface area contributed by atoms with E-state index in [4.69, 9.17) is 9.47 Å². The molecule has 0 aromatic heterocycles. The van der Waals surface area contributed by atoms with Crippen molar-refractivity contribution >= 4 is 23.7 Å². The van der Waals surface area contributed by atoms with Crippen LogP contribution < -0.4 is 9.47 Å². The smallest absolute Gasteiger partial charge is 0.170 e. The standard InChI is InChI=1S/C35H32O6/c1-40-31-21-25(13-17-29(31)36)15-19-33(38)35(23-27-9-5-3-6-10-27,24-28-11-7-4-8-12-28)34(39)20-16-26-14-18-30(37)32(22-26)41-2/h3-22,36-37H,23-24H2,1-2H3/b19-15+,20-16+. The fourth-order valence-electron chi connectivity index (χ4n) is 4.68. The molecule has 0 aliphatic rings. The van der Waals surface area contributed by atoms with E-state index in [0.29, 0.717) is 11.1 Å². The van der Waals surface area contributed by atoms with Crippen LogP contribution in [-0.2, 0) is 22.4 Å². The number of phenols is 2. The molecule has 0 unspecified atom stereocenters. The van der Waals surface area contributed by atoms with Crippen LogP contribution in [0.25, 0.3) is 12.2 Å². The Morgan fingerprint density at radius 3 is 1.39 bits per heavy atom. The molecule has 0 bridgehead atoms. The molecule has 0 spiro atoms. The van der Waals surface area contributed by atoms with Crippen molar-refractivity contribution in [3.8, 4) is 23.0 Å². The topological polar surface area (TPSA) is 93.1 Å². The van der Waals surface area contributed by atoms with Gasteiger partial charge in [0.1, 0.15) is 5.41 Å². The van der Waals surface area contributed by atoms with Gasteiger partial charge in [-0.25, -0.2) is 0 Å². The minimum Gasteiger partial charge on any atom is -0.504 e. The van der Waals surface area contributed by atoms with E-state index in [1.165, 1.54) is 38.5 Å². The molecule has 0 saturated carbocycles. The molecule has 0 aliphatic heterocycles. The van der Waals surface area contributed by atoms with E-state index in [1.807, 2.05) is 60.7 Å². The van der Waals surface area contributed by atoms with Crippen molar-refractivity contribution in [2.75, 3.05) is 14.2 Å². The van der Waals surface area contributed by atoms with Gasteiger partial charge in [0, 0.05) is 0 Å². The largest absolute Gasteiger partial charge is 0.504 e. The molecule has 0 amide bonds. The van der Waals surface area contributed by atoms with Crippen LogP contribution in [0.2, 0.25) is 0 Å². The third kappa shape index (κ3) is 7.11. The Hall–Kier alpha value is -5.10. The average Bonchev–Trinajstić information content (AvgIpc) is 3.00. The number of allylic oxidation sites excluding steroid dienone is 2. The summed E-state index contributed by atoms with van der Waals surface area (Å²) in [6.45, 7) is 0. The molecule has 2 N–H and O–H groups in total. The van der Waals surface area contributed by atoms with Gasteiger partial charge in [0.25, 0.3) is 0 Å². The molecule has 208 valence electrons. The van der Waals surface area contributed by atoms with E-state index < -0.39 is 5.41 Å². The maximum atomic E-state index is 14.2. The highest BCUT2D eigenvalue weighted by atomic mass is 16.5. The van der Waals surface area contributed by atoms with Crippen LogP contribution in [0, 0.1) is 5.41 Å². The Morgan fingerprint density at radius 2 is 1.02 bits per heavy atom. The summed E-state index contributed by atoms with van der Waals surface area (Å²) in [5.41, 5.74) is 1.53. The first kappa shape index (κ1) is 28.9. The summed E-state index contributed by atoms with van der Waals surface area (Å²) in [6.07, 6.45) is 6.47. The Labute approximate surface area is 239 Å². The number of carbonyl (C=O) groups excluding carboxylic acids is 2.